The van der Waals surface area contributed by atoms with E-state index in [0.717, 1.165) is 23.5 Å². The first-order valence-electron chi connectivity index (χ1n) is 7.81. The molecule has 23 heavy (non-hydrogen) atoms. The number of rotatable bonds is 3. The van der Waals surface area contributed by atoms with E-state index in [1.54, 1.807) is 0 Å². The van der Waals surface area contributed by atoms with E-state index >= 15 is 0 Å². The number of nitrogens with zero attached hydrogens (tertiary/aromatic N) is 4. The number of benzene rings is 2. The Balaban J connectivity index is 1.69. The van der Waals surface area contributed by atoms with E-state index in [0.29, 0.717) is 0 Å². The maximum atomic E-state index is 4.69. The molecule has 4 nitrogen and oxygen atoms in total. The highest BCUT2D eigenvalue weighted by molar-refractivity contribution is 5.68. The summed E-state index contributed by atoms with van der Waals surface area (Å²) in [5, 5.41) is 11.3. The van der Waals surface area contributed by atoms with Gasteiger partial charge in [-0.25, -0.2) is 4.68 Å². The number of anilines is 1. The van der Waals surface area contributed by atoms with Gasteiger partial charge in [0.1, 0.15) is 0 Å². The number of aryl methyl sites for hydroxylation is 1. The summed E-state index contributed by atoms with van der Waals surface area (Å²) in [6.07, 6.45) is 5.01. The molecule has 2 heterocycles. The van der Waals surface area contributed by atoms with Crippen LogP contribution in [0.4, 0.5) is 5.69 Å². The number of para-hydroxylation sites is 2. The van der Waals surface area contributed by atoms with Crippen LogP contribution in [-0.2, 0) is 0 Å². The summed E-state index contributed by atoms with van der Waals surface area (Å²) in [6.45, 7) is 2.07. The molecular weight excluding hydrogens is 284 g/mol. The van der Waals surface area contributed by atoms with Crippen LogP contribution in [0.5, 0.6) is 0 Å². The van der Waals surface area contributed by atoms with E-state index in [1.807, 2.05) is 47.3 Å². The first-order chi connectivity index (χ1) is 11.3. The lowest BCUT2D eigenvalue weighted by atomic mass is 10.1. The largest absolute Gasteiger partial charge is 0.258 e. The second kappa shape index (κ2) is 5.72. The van der Waals surface area contributed by atoms with Crippen LogP contribution < -0.4 is 5.01 Å². The zero-order valence-corrected chi connectivity index (χ0v) is 13.0. The van der Waals surface area contributed by atoms with Crippen molar-refractivity contribution in [2.45, 2.75) is 19.4 Å². The molecule has 0 fully saturated rings. The van der Waals surface area contributed by atoms with E-state index in [-0.39, 0.29) is 6.04 Å². The summed E-state index contributed by atoms with van der Waals surface area (Å²) in [5.41, 5.74) is 4.45. The van der Waals surface area contributed by atoms with E-state index in [4.69, 9.17) is 0 Å². The third-order valence-corrected chi connectivity index (χ3v) is 4.17. The van der Waals surface area contributed by atoms with Gasteiger partial charge in [-0.3, -0.25) is 5.01 Å². The van der Waals surface area contributed by atoms with Gasteiger partial charge < -0.3 is 0 Å². The highest BCUT2D eigenvalue weighted by Crippen LogP contribution is 2.34. The van der Waals surface area contributed by atoms with E-state index in [2.05, 4.69) is 52.6 Å². The van der Waals surface area contributed by atoms with Crippen LogP contribution >= 0.6 is 0 Å². The van der Waals surface area contributed by atoms with Crippen LogP contribution in [-0.4, -0.2) is 16.0 Å². The van der Waals surface area contributed by atoms with Crippen LogP contribution in [0.25, 0.3) is 5.69 Å². The van der Waals surface area contributed by atoms with Gasteiger partial charge in [0.2, 0.25) is 0 Å². The summed E-state index contributed by atoms with van der Waals surface area (Å²) in [7, 11) is 0. The minimum absolute atomic E-state index is 0.204. The Morgan fingerprint density at radius 3 is 2.26 bits per heavy atom. The highest BCUT2D eigenvalue weighted by Gasteiger charge is 2.27. The van der Waals surface area contributed by atoms with Crippen LogP contribution in [0.15, 0.2) is 72.0 Å². The normalized spacial score (nSPS) is 16.9. The predicted octanol–water partition coefficient (Wildman–Crippen LogP) is 4.12. The molecular formula is C19H18N4. The summed E-state index contributed by atoms with van der Waals surface area (Å²) in [4.78, 5) is 0. The predicted molar refractivity (Wildman–Crippen MR) is 93.1 cm³/mol. The summed E-state index contributed by atoms with van der Waals surface area (Å²) >= 11 is 0. The highest BCUT2D eigenvalue weighted by atomic mass is 15.5. The zero-order chi connectivity index (χ0) is 15.6. The number of hydrazone groups is 1. The van der Waals surface area contributed by atoms with Crippen molar-refractivity contribution in [3.05, 3.63) is 78.1 Å². The van der Waals surface area contributed by atoms with Crippen LogP contribution in [0.3, 0.4) is 0 Å². The minimum atomic E-state index is 0.204. The van der Waals surface area contributed by atoms with Crippen molar-refractivity contribution in [1.29, 1.82) is 0 Å². The number of hydrogen-bond acceptors (Lipinski definition) is 3. The molecule has 0 saturated heterocycles. The quantitative estimate of drug-likeness (QED) is 0.729. The summed E-state index contributed by atoms with van der Waals surface area (Å²) < 4.78 is 1.95. The second-order valence-corrected chi connectivity index (χ2v) is 5.68. The topological polar surface area (TPSA) is 33.4 Å². The fourth-order valence-corrected chi connectivity index (χ4v) is 3.01. The van der Waals surface area contributed by atoms with Crippen molar-refractivity contribution in [2.75, 3.05) is 5.01 Å². The molecule has 1 aliphatic rings. The van der Waals surface area contributed by atoms with Crippen LogP contribution in [0.2, 0.25) is 0 Å². The average molecular weight is 302 g/mol. The van der Waals surface area contributed by atoms with Crippen LogP contribution in [0.1, 0.15) is 23.7 Å². The Kier molecular flexibility index (Phi) is 3.42. The van der Waals surface area contributed by atoms with Gasteiger partial charge in [0, 0.05) is 24.4 Å². The third kappa shape index (κ3) is 2.52. The van der Waals surface area contributed by atoms with Gasteiger partial charge >= 0.3 is 0 Å². The Bertz CT molecular complexity index is 821. The van der Waals surface area contributed by atoms with E-state index in [1.165, 1.54) is 5.56 Å². The Morgan fingerprint density at radius 2 is 1.57 bits per heavy atom. The lowest BCUT2D eigenvalue weighted by Crippen LogP contribution is -2.18. The number of aromatic nitrogens is 2. The van der Waals surface area contributed by atoms with Gasteiger partial charge in [0.05, 0.1) is 23.1 Å². The van der Waals surface area contributed by atoms with Crippen LogP contribution in [0, 0.1) is 6.92 Å². The van der Waals surface area contributed by atoms with Gasteiger partial charge in [0.15, 0.2) is 0 Å². The third-order valence-electron chi connectivity index (χ3n) is 4.17. The van der Waals surface area contributed by atoms with Gasteiger partial charge in [-0.15, -0.1) is 0 Å². The zero-order valence-electron chi connectivity index (χ0n) is 13.0. The van der Waals surface area contributed by atoms with Gasteiger partial charge in [0.25, 0.3) is 0 Å². The molecule has 1 aromatic heterocycles. The molecule has 0 radical (unpaired) electrons. The molecule has 114 valence electrons. The first-order valence-corrected chi connectivity index (χ1v) is 7.81. The maximum absolute atomic E-state index is 4.69. The van der Waals surface area contributed by atoms with Gasteiger partial charge in [-0.1, -0.05) is 36.4 Å². The Labute approximate surface area is 135 Å². The van der Waals surface area contributed by atoms with Crippen molar-refractivity contribution >= 4 is 11.9 Å². The smallest absolute Gasteiger partial charge is 0.0858 e. The molecule has 2 aromatic carbocycles. The molecule has 0 amide bonds. The molecule has 1 atom stereocenters. The fraction of sp³-hybridized carbons (Fsp3) is 0.158. The summed E-state index contributed by atoms with van der Waals surface area (Å²) in [6, 6.07) is 20.7. The lowest BCUT2D eigenvalue weighted by molar-refractivity contribution is 0.705. The monoisotopic (exact) mass is 302 g/mol. The molecule has 0 saturated carbocycles. The molecule has 4 rings (SSSR count). The molecule has 1 aliphatic heterocycles. The molecule has 0 spiro atoms. The van der Waals surface area contributed by atoms with Crippen molar-refractivity contribution < 1.29 is 0 Å². The molecule has 0 N–H and O–H groups in total. The van der Waals surface area contributed by atoms with E-state index < -0.39 is 0 Å². The SMILES string of the molecule is Cc1nn(-c2ccccc2)cc1C1CC=NN1c1ccccc1. The molecule has 4 heteroatoms. The van der Waals surface area contributed by atoms with Gasteiger partial charge in [-0.05, 0) is 31.2 Å². The van der Waals surface area contributed by atoms with Crippen molar-refractivity contribution in [3.63, 3.8) is 0 Å². The molecule has 3 aromatic rings. The summed E-state index contributed by atoms with van der Waals surface area (Å²) in [5.74, 6) is 0. The Hall–Kier alpha value is -2.88. The lowest BCUT2D eigenvalue weighted by Gasteiger charge is -2.23. The Morgan fingerprint density at radius 1 is 0.913 bits per heavy atom. The average Bonchev–Trinajstić information content (AvgIpc) is 3.23. The minimum Gasteiger partial charge on any atom is -0.258 e. The molecule has 0 aliphatic carbocycles. The maximum Gasteiger partial charge on any atom is 0.0858 e. The number of hydrogen-bond donors (Lipinski definition) is 0. The molecule has 0 bridgehead atoms. The second-order valence-electron chi connectivity index (χ2n) is 5.68. The van der Waals surface area contributed by atoms with Crippen molar-refractivity contribution in [2.24, 2.45) is 5.10 Å². The van der Waals surface area contributed by atoms with Crippen molar-refractivity contribution in [3.8, 4) is 5.69 Å². The fourth-order valence-electron chi connectivity index (χ4n) is 3.01. The standard InChI is InChI=1S/C19H18N4/c1-15-18(14-22(21-15)16-8-4-2-5-9-16)19-12-13-20-23(19)17-10-6-3-7-11-17/h2-11,13-14,19H,12H2,1H3. The molecule has 1 unspecified atom stereocenters. The van der Waals surface area contributed by atoms with Crippen molar-refractivity contribution in [1.82, 2.24) is 9.78 Å². The van der Waals surface area contributed by atoms with Gasteiger partial charge in [-0.2, -0.15) is 10.2 Å². The first kappa shape index (κ1) is 13.8. The van der Waals surface area contributed by atoms with E-state index in [9.17, 15) is 0 Å².